The van der Waals surface area contributed by atoms with Gasteiger partial charge < -0.3 is 20.2 Å². The summed E-state index contributed by atoms with van der Waals surface area (Å²) in [6.45, 7) is 3.86. The Morgan fingerprint density at radius 3 is 2.59 bits per heavy atom. The number of hydrogen-bond donors (Lipinski definition) is 2. The number of nitrogens with zero attached hydrogens (tertiary/aromatic N) is 4. The monoisotopic (exact) mass is 371 g/mol. The summed E-state index contributed by atoms with van der Waals surface area (Å²) in [6.07, 6.45) is 8.03. The summed E-state index contributed by atoms with van der Waals surface area (Å²) in [5.74, 6) is 2.90. The number of rotatable bonds is 3. The van der Waals surface area contributed by atoms with Gasteiger partial charge in [-0.25, -0.2) is 9.97 Å². The number of aromatic nitrogens is 2. The molecule has 144 valence electrons. The van der Waals surface area contributed by atoms with Crippen LogP contribution in [0.3, 0.4) is 0 Å². The number of aliphatic hydroxyl groups is 1. The number of hydrogen-bond acceptors (Lipinski definition) is 6. The lowest BCUT2D eigenvalue weighted by Crippen LogP contribution is -2.42. The second kappa shape index (κ2) is 8.35. The van der Waals surface area contributed by atoms with Crippen molar-refractivity contribution in [2.45, 2.75) is 44.8 Å². The Morgan fingerprint density at radius 2 is 1.96 bits per heavy atom. The van der Waals surface area contributed by atoms with Crippen LogP contribution in [-0.4, -0.2) is 75.0 Å². The topological polar surface area (TPSA) is 98.7 Å². The molecular formula is C19H25N5O3. The third kappa shape index (κ3) is 4.74. The average molecular weight is 371 g/mol. The minimum absolute atomic E-state index is 0.0849. The molecule has 2 aliphatic rings. The summed E-state index contributed by atoms with van der Waals surface area (Å²) < 4.78 is 0. The van der Waals surface area contributed by atoms with Crippen molar-refractivity contribution in [3.05, 3.63) is 17.6 Å². The van der Waals surface area contributed by atoms with Crippen LogP contribution in [0, 0.1) is 12.3 Å². The molecule has 0 bridgehead atoms. The first kappa shape index (κ1) is 19.1. The molecule has 0 aromatic carbocycles. The fraction of sp³-hybridized carbons (Fsp3) is 0.579. The number of terminal acetylenes is 1. The molecule has 1 unspecified atom stereocenters. The Kier molecular flexibility index (Phi) is 5.91. The fourth-order valence-corrected chi connectivity index (χ4v) is 3.54. The van der Waals surface area contributed by atoms with Crippen LogP contribution in [0.5, 0.6) is 0 Å². The minimum atomic E-state index is -0.499. The van der Waals surface area contributed by atoms with E-state index < -0.39 is 6.10 Å². The van der Waals surface area contributed by atoms with Gasteiger partial charge in [0.2, 0.25) is 11.7 Å². The highest BCUT2D eigenvalue weighted by Gasteiger charge is 2.26. The van der Waals surface area contributed by atoms with Gasteiger partial charge >= 0.3 is 0 Å². The Hall–Kier alpha value is -2.66. The van der Waals surface area contributed by atoms with Crippen LogP contribution in [0.4, 0.5) is 5.82 Å². The highest BCUT2D eigenvalue weighted by molar-refractivity contribution is 5.93. The smallest absolute Gasteiger partial charge is 0.272 e. The van der Waals surface area contributed by atoms with Crippen LogP contribution in [0.25, 0.3) is 0 Å². The molecule has 3 rings (SSSR count). The Morgan fingerprint density at radius 1 is 1.22 bits per heavy atom. The quantitative estimate of drug-likeness (QED) is 0.750. The van der Waals surface area contributed by atoms with Gasteiger partial charge in [0.05, 0.1) is 6.10 Å². The first-order valence-electron chi connectivity index (χ1n) is 9.31. The minimum Gasteiger partial charge on any atom is -0.391 e. The molecule has 0 saturated carbocycles. The van der Waals surface area contributed by atoms with Crippen molar-refractivity contribution in [2.75, 3.05) is 31.5 Å². The predicted octanol–water partition coefficient (Wildman–Crippen LogP) is 0.478. The van der Waals surface area contributed by atoms with Crippen molar-refractivity contribution in [1.29, 1.82) is 0 Å². The largest absolute Gasteiger partial charge is 0.391 e. The second-order valence-electron chi connectivity index (χ2n) is 7.08. The van der Waals surface area contributed by atoms with E-state index in [1.54, 1.807) is 17.9 Å². The number of aliphatic hydroxyl groups excluding tert-OH is 1. The van der Waals surface area contributed by atoms with E-state index >= 15 is 0 Å². The Labute approximate surface area is 159 Å². The van der Waals surface area contributed by atoms with E-state index in [4.69, 9.17) is 6.42 Å². The van der Waals surface area contributed by atoms with Crippen LogP contribution in [0.1, 0.15) is 48.9 Å². The molecule has 0 aliphatic carbocycles. The maximum Gasteiger partial charge on any atom is 0.272 e. The van der Waals surface area contributed by atoms with Gasteiger partial charge in [-0.1, -0.05) is 0 Å². The molecular weight excluding hydrogens is 346 g/mol. The molecule has 2 saturated heterocycles. The molecule has 2 aliphatic heterocycles. The van der Waals surface area contributed by atoms with E-state index in [1.165, 1.54) is 0 Å². The van der Waals surface area contributed by atoms with Gasteiger partial charge in [0.15, 0.2) is 0 Å². The van der Waals surface area contributed by atoms with Crippen molar-refractivity contribution < 1.29 is 14.7 Å². The van der Waals surface area contributed by atoms with Gasteiger partial charge in [0.25, 0.3) is 5.91 Å². The summed E-state index contributed by atoms with van der Waals surface area (Å²) in [4.78, 5) is 36.1. The molecule has 1 atom stereocenters. The van der Waals surface area contributed by atoms with Gasteiger partial charge in [-0.15, -0.1) is 6.42 Å². The van der Waals surface area contributed by atoms with Gasteiger partial charge in [-0.05, 0) is 31.6 Å². The van der Waals surface area contributed by atoms with Crippen LogP contribution in [0.15, 0.2) is 6.07 Å². The van der Waals surface area contributed by atoms with Gasteiger partial charge in [0.1, 0.15) is 11.5 Å². The Bertz CT molecular complexity index is 752. The summed E-state index contributed by atoms with van der Waals surface area (Å²) in [7, 11) is 0. The molecule has 8 heteroatoms. The van der Waals surface area contributed by atoms with Crippen LogP contribution in [0.2, 0.25) is 0 Å². The Balaban J connectivity index is 1.71. The third-order valence-corrected chi connectivity index (χ3v) is 5.05. The molecule has 1 aromatic heterocycles. The number of likely N-dealkylation sites (tertiary alicyclic amines) is 2. The zero-order chi connectivity index (χ0) is 19.4. The molecule has 2 fully saturated rings. The molecule has 2 N–H and O–H groups in total. The van der Waals surface area contributed by atoms with E-state index in [0.717, 1.165) is 19.3 Å². The average Bonchev–Trinajstić information content (AvgIpc) is 2.67. The van der Waals surface area contributed by atoms with Crippen molar-refractivity contribution in [3.63, 3.8) is 0 Å². The molecule has 27 heavy (non-hydrogen) atoms. The maximum atomic E-state index is 12.8. The summed E-state index contributed by atoms with van der Waals surface area (Å²) in [5.41, 5.74) is 0.232. The highest BCUT2D eigenvalue weighted by Crippen LogP contribution is 2.18. The number of anilines is 1. The van der Waals surface area contributed by atoms with Crippen molar-refractivity contribution in [2.24, 2.45) is 0 Å². The maximum absolute atomic E-state index is 12.8. The third-order valence-electron chi connectivity index (χ3n) is 5.05. The zero-order valence-electron chi connectivity index (χ0n) is 15.5. The molecule has 3 heterocycles. The van der Waals surface area contributed by atoms with Crippen molar-refractivity contribution >= 4 is 17.6 Å². The van der Waals surface area contributed by atoms with E-state index in [2.05, 4.69) is 21.2 Å². The first-order chi connectivity index (χ1) is 13.0. The molecule has 2 amide bonds. The van der Waals surface area contributed by atoms with Crippen LogP contribution in [-0.2, 0) is 4.79 Å². The van der Waals surface area contributed by atoms with Crippen molar-refractivity contribution in [3.8, 4) is 12.3 Å². The standard InChI is InChI=1S/C19H25N5O3/c1-3-17-21-16(19(27)24-8-4-5-15(26)12-24)11-18(22-17)20-14-6-9-23(10-7-14)13(2)25/h1,11,14-15,26H,4-10,12H2,2H3,(H,20,21,22). The number of carbonyl (C=O) groups excluding carboxylic acids is 2. The number of piperidine rings is 2. The fourth-order valence-electron chi connectivity index (χ4n) is 3.54. The van der Waals surface area contributed by atoms with E-state index in [9.17, 15) is 14.7 Å². The zero-order valence-corrected chi connectivity index (χ0v) is 15.5. The van der Waals surface area contributed by atoms with E-state index in [1.807, 2.05) is 4.90 Å². The van der Waals surface area contributed by atoms with Gasteiger partial charge in [-0.3, -0.25) is 9.59 Å². The first-order valence-corrected chi connectivity index (χ1v) is 9.31. The SMILES string of the molecule is C#Cc1nc(NC2CCN(C(C)=O)CC2)cc(C(=O)N2CCCC(O)C2)n1. The van der Waals surface area contributed by atoms with Gasteiger partial charge in [-0.2, -0.15) is 0 Å². The molecule has 0 radical (unpaired) electrons. The highest BCUT2D eigenvalue weighted by atomic mass is 16.3. The normalized spacial score (nSPS) is 20.9. The number of β-amino-alcohol motifs (C(OH)–C–C–N with tert-alkyl or cyclic N) is 1. The summed E-state index contributed by atoms with van der Waals surface area (Å²) in [6, 6.07) is 1.77. The second-order valence-corrected chi connectivity index (χ2v) is 7.08. The summed E-state index contributed by atoms with van der Waals surface area (Å²) in [5, 5.41) is 13.1. The number of carbonyl (C=O) groups is 2. The van der Waals surface area contributed by atoms with Crippen molar-refractivity contribution in [1.82, 2.24) is 19.8 Å². The molecule has 8 nitrogen and oxygen atoms in total. The number of amides is 2. The number of nitrogens with one attached hydrogen (secondary N) is 1. The lowest BCUT2D eigenvalue weighted by atomic mass is 10.0. The van der Waals surface area contributed by atoms with E-state index in [-0.39, 0.29) is 29.4 Å². The van der Waals surface area contributed by atoms with Gasteiger partial charge in [0, 0.05) is 45.2 Å². The van der Waals surface area contributed by atoms with Crippen LogP contribution >= 0.6 is 0 Å². The molecule has 0 spiro atoms. The summed E-state index contributed by atoms with van der Waals surface area (Å²) >= 11 is 0. The van der Waals surface area contributed by atoms with Crippen LogP contribution < -0.4 is 5.32 Å². The lowest BCUT2D eigenvalue weighted by Gasteiger charge is -2.32. The molecule has 1 aromatic rings. The predicted molar refractivity (Wildman–Crippen MR) is 100 cm³/mol. The lowest BCUT2D eigenvalue weighted by molar-refractivity contribution is -0.129. The van der Waals surface area contributed by atoms with E-state index in [0.29, 0.717) is 38.4 Å².